The van der Waals surface area contributed by atoms with E-state index in [0.717, 1.165) is 32.4 Å². The Morgan fingerprint density at radius 2 is 2.05 bits per heavy atom. The van der Waals surface area contributed by atoms with E-state index >= 15 is 0 Å². The second-order valence-corrected chi connectivity index (χ2v) is 6.04. The van der Waals surface area contributed by atoms with Crippen LogP contribution in [0.2, 0.25) is 0 Å². The Bertz CT molecular complexity index is 440. The van der Waals surface area contributed by atoms with Gasteiger partial charge in [0.25, 0.3) is 0 Å². The fourth-order valence-corrected chi connectivity index (χ4v) is 3.64. The summed E-state index contributed by atoms with van der Waals surface area (Å²) in [6.45, 7) is 1.82. The Hall–Kier alpha value is -1.06. The smallest absolute Gasteiger partial charge is 0.0821 e. The molecule has 2 N–H and O–H groups in total. The van der Waals surface area contributed by atoms with Gasteiger partial charge in [0, 0.05) is 24.8 Å². The van der Waals surface area contributed by atoms with E-state index in [4.69, 9.17) is 0 Å². The molecule has 1 aromatic carbocycles. The van der Waals surface area contributed by atoms with E-state index in [0.29, 0.717) is 6.04 Å². The van der Waals surface area contributed by atoms with E-state index in [2.05, 4.69) is 34.5 Å². The zero-order valence-corrected chi connectivity index (χ0v) is 11.7. The summed E-state index contributed by atoms with van der Waals surface area (Å²) in [5.41, 5.74) is 2.21. The highest BCUT2D eigenvalue weighted by atomic mass is 16.3. The van der Waals surface area contributed by atoms with Crippen molar-refractivity contribution in [3.63, 3.8) is 0 Å². The molecule has 1 aliphatic heterocycles. The minimum Gasteiger partial charge on any atom is -0.388 e. The van der Waals surface area contributed by atoms with Crippen LogP contribution in [0, 0.1) is 0 Å². The first-order valence-electron chi connectivity index (χ1n) is 7.45. The van der Waals surface area contributed by atoms with E-state index in [1.807, 2.05) is 7.05 Å². The summed E-state index contributed by atoms with van der Waals surface area (Å²) in [5, 5.41) is 14.0. The molecule has 0 aromatic heterocycles. The fourth-order valence-electron chi connectivity index (χ4n) is 3.64. The third-order valence-corrected chi connectivity index (χ3v) is 4.71. The molecule has 19 heavy (non-hydrogen) atoms. The van der Waals surface area contributed by atoms with Crippen molar-refractivity contribution in [2.75, 3.05) is 25.0 Å². The Morgan fingerprint density at radius 3 is 2.79 bits per heavy atom. The molecule has 1 atom stereocenters. The number of benzene rings is 1. The highest BCUT2D eigenvalue weighted by molar-refractivity contribution is 5.57. The summed E-state index contributed by atoms with van der Waals surface area (Å²) in [5.74, 6) is 0. The number of para-hydroxylation sites is 1. The largest absolute Gasteiger partial charge is 0.388 e. The van der Waals surface area contributed by atoms with Gasteiger partial charge in [-0.05, 0) is 37.9 Å². The molecule has 1 saturated carbocycles. The normalized spacial score (nSPS) is 25.4. The van der Waals surface area contributed by atoms with E-state index < -0.39 is 5.60 Å². The van der Waals surface area contributed by atoms with Crippen molar-refractivity contribution in [1.29, 1.82) is 0 Å². The Morgan fingerprint density at radius 1 is 1.32 bits per heavy atom. The first-order chi connectivity index (χ1) is 9.22. The van der Waals surface area contributed by atoms with Gasteiger partial charge >= 0.3 is 0 Å². The van der Waals surface area contributed by atoms with E-state index in [1.165, 1.54) is 24.1 Å². The van der Waals surface area contributed by atoms with Crippen LogP contribution in [0.25, 0.3) is 0 Å². The van der Waals surface area contributed by atoms with Gasteiger partial charge in [0.2, 0.25) is 0 Å². The number of nitrogens with one attached hydrogen (secondary N) is 1. The monoisotopic (exact) mass is 260 g/mol. The molecule has 1 aliphatic carbocycles. The second-order valence-electron chi connectivity index (χ2n) is 6.04. The fraction of sp³-hybridized carbons (Fsp3) is 0.625. The average Bonchev–Trinajstić information content (AvgIpc) is 2.86. The van der Waals surface area contributed by atoms with Crippen LogP contribution >= 0.6 is 0 Å². The molecule has 0 bridgehead atoms. The number of aliphatic hydroxyl groups is 1. The standard InChI is InChI=1S/C16H24N2O/c1-17-14-8-11-18(12-16(19)9-4-5-10-16)15-7-3-2-6-13(14)15/h2-3,6-7,14,17,19H,4-5,8-12H2,1H3. The van der Waals surface area contributed by atoms with Crippen LogP contribution < -0.4 is 10.2 Å². The molecular weight excluding hydrogens is 236 g/mol. The summed E-state index contributed by atoms with van der Waals surface area (Å²) in [7, 11) is 2.03. The van der Waals surface area contributed by atoms with Gasteiger partial charge in [0.05, 0.1) is 5.60 Å². The quantitative estimate of drug-likeness (QED) is 0.876. The molecule has 3 nitrogen and oxygen atoms in total. The van der Waals surface area contributed by atoms with Gasteiger partial charge in [-0.15, -0.1) is 0 Å². The number of rotatable bonds is 3. The molecule has 1 aromatic rings. The molecule has 104 valence electrons. The van der Waals surface area contributed by atoms with Crippen LogP contribution in [0.4, 0.5) is 5.69 Å². The summed E-state index contributed by atoms with van der Waals surface area (Å²) in [4.78, 5) is 2.38. The zero-order valence-electron chi connectivity index (χ0n) is 11.7. The Kier molecular flexibility index (Phi) is 3.50. The van der Waals surface area contributed by atoms with Crippen LogP contribution in [0.15, 0.2) is 24.3 Å². The van der Waals surface area contributed by atoms with Gasteiger partial charge < -0.3 is 15.3 Å². The molecule has 1 heterocycles. The number of hydrogen-bond acceptors (Lipinski definition) is 3. The zero-order chi connectivity index (χ0) is 13.3. The lowest BCUT2D eigenvalue weighted by Crippen LogP contribution is -2.44. The summed E-state index contributed by atoms with van der Waals surface area (Å²) in [6, 6.07) is 9.06. The van der Waals surface area contributed by atoms with Gasteiger partial charge in [-0.2, -0.15) is 0 Å². The first kappa shape index (κ1) is 12.9. The number of anilines is 1. The lowest BCUT2D eigenvalue weighted by molar-refractivity contribution is 0.0542. The van der Waals surface area contributed by atoms with Gasteiger partial charge in [0.1, 0.15) is 0 Å². The maximum Gasteiger partial charge on any atom is 0.0821 e. The van der Waals surface area contributed by atoms with E-state index in [-0.39, 0.29) is 0 Å². The number of fused-ring (bicyclic) bond motifs is 1. The van der Waals surface area contributed by atoms with Crippen LogP contribution in [0.5, 0.6) is 0 Å². The maximum atomic E-state index is 10.6. The van der Waals surface area contributed by atoms with Gasteiger partial charge in [-0.1, -0.05) is 31.0 Å². The SMILES string of the molecule is CNC1CCN(CC2(O)CCCC2)c2ccccc21. The van der Waals surface area contributed by atoms with Crippen LogP contribution in [-0.2, 0) is 0 Å². The topological polar surface area (TPSA) is 35.5 Å². The maximum absolute atomic E-state index is 10.6. The van der Waals surface area contributed by atoms with Crippen molar-refractivity contribution in [2.24, 2.45) is 0 Å². The third-order valence-electron chi connectivity index (χ3n) is 4.71. The third kappa shape index (κ3) is 2.49. The van der Waals surface area contributed by atoms with Gasteiger partial charge in [0.15, 0.2) is 0 Å². The van der Waals surface area contributed by atoms with E-state index in [9.17, 15) is 5.11 Å². The highest BCUT2D eigenvalue weighted by Crippen LogP contribution is 2.37. The van der Waals surface area contributed by atoms with Crippen molar-refractivity contribution in [3.8, 4) is 0 Å². The van der Waals surface area contributed by atoms with E-state index in [1.54, 1.807) is 0 Å². The summed E-state index contributed by atoms with van der Waals surface area (Å²) in [6.07, 6.45) is 5.38. The summed E-state index contributed by atoms with van der Waals surface area (Å²) >= 11 is 0. The van der Waals surface area contributed by atoms with Crippen LogP contribution in [-0.4, -0.2) is 30.8 Å². The van der Waals surface area contributed by atoms with Crippen molar-refractivity contribution in [1.82, 2.24) is 5.32 Å². The lowest BCUT2D eigenvalue weighted by Gasteiger charge is -2.39. The molecule has 0 spiro atoms. The molecule has 3 heteroatoms. The number of β-amino-alcohol motifs (C(OH)–C–C–N with tert-alkyl or cyclic N) is 1. The predicted molar refractivity (Wildman–Crippen MR) is 78.5 cm³/mol. The Balaban J connectivity index is 1.84. The molecule has 1 fully saturated rings. The van der Waals surface area contributed by atoms with Crippen LogP contribution in [0.3, 0.4) is 0 Å². The first-order valence-corrected chi connectivity index (χ1v) is 7.45. The van der Waals surface area contributed by atoms with Gasteiger partial charge in [-0.3, -0.25) is 0 Å². The highest BCUT2D eigenvalue weighted by Gasteiger charge is 2.35. The molecule has 0 radical (unpaired) electrons. The lowest BCUT2D eigenvalue weighted by atomic mass is 9.94. The predicted octanol–water partition coefficient (Wildman–Crippen LogP) is 2.46. The Labute approximate surface area is 115 Å². The second kappa shape index (κ2) is 5.14. The van der Waals surface area contributed by atoms with Crippen molar-refractivity contribution in [2.45, 2.75) is 43.7 Å². The average molecular weight is 260 g/mol. The van der Waals surface area contributed by atoms with Gasteiger partial charge in [-0.25, -0.2) is 0 Å². The van der Waals surface area contributed by atoms with Crippen molar-refractivity contribution in [3.05, 3.63) is 29.8 Å². The molecule has 0 amide bonds. The van der Waals surface area contributed by atoms with Crippen LogP contribution in [0.1, 0.15) is 43.7 Å². The summed E-state index contributed by atoms with van der Waals surface area (Å²) < 4.78 is 0. The molecular formula is C16H24N2O. The minimum absolute atomic E-state index is 0.450. The number of hydrogen-bond donors (Lipinski definition) is 2. The molecule has 1 unspecified atom stereocenters. The number of nitrogens with zero attached hydrogens (tertiary/aromatic N) is 1. The molecule has 3 rings (SSSR count). The van der Waals surface area contributed by atoms with Crippen molar-refractivity contribution < 1.29 is 5.11 Å². The van der Waals surface area contributed by atoms with Crippen molar-refractivity contribution >= 4 is 5.69 Å². The molecule has 2 aliphatic rings. The minimum atomic E-state index is -0.459. The molecule has 0 saturated heterocycles.